The van der Waals surface area contributed by atoms with E-state index >= 15 is 0 Å². The van der Waals surface area contributed by atoms with Gasteiger partial charge in [-0.25, -0.2) is 0 Å². The van der Waals surface area contributed by atoms with Crippen molar-refractivity contribution in [1.29, 1.82) is 0 Å². The second-order valence-electron chi connectivity index (χ2n) is 5.00. The number of amides is 1. The van der Waals surface area contributed by atoms with E-state index in [1.54, 1.807) is 0 Å². The van der Waals surface area contributed by atoms with Gasteiger partial charge in [-0.3, -0.25) is 14.9 Å². The number of nitrogens with zero attached hydrogens (tertiary/aromatic N) is 2. The zero-order valence-electron chi connectivity index (χ0n) is 12.0. The van der Waals surface area contributed by atoms with E-state index in [4.69, 9.17) is 0 Å². The maximum Gasteiger partial charge on any atom is 0.269 e. The summed E-state index contributed by atoms with van der Waals surface area (Å²) in [5, 5.41) is 13.5. The van der Waals surface area contributed by atoms with Gasteiger partial charge in [-0.05, 0) is 31.7 Å². The Morgan fingerprint density at radius 2 is 1.95 bits per heavy atom. The van der Waals surface area contributed by atoms with Gasteiger partial charge in [0.2, 0.25) is 0 Å². The molecule has 6 nitrogen and oxygen atoms in total. The van der Waals surface area contributed by atoms with Crippen LogP contribution in [-0.4, -0.2) is 35.9 Å². The molecule has 7 heteroatoms. The lowest BCUT2D eigenvalue weighted by Gasteiger charge is -2.26. The number of likely N-dealkylation sites (N-methyl/N-ethyl adjacent to an activating group) is 1. The molecule has 0 saturated carbocycles. The number of rotatable bonds is 3. The van der Waals surface area contributed by atoms with Gasteiger partial charge in [-0.15, -0.1) is 12.4 Å². The Labute approximate surface area is 129 Å². The molecule has 1 N–H and O–H groups in total. The van der Waals surface area contributed by atoms with Crippen LogP contribution in [0.1, 0.15) is 23.7 Å². The van der Waals surface area contributed by atoms with Crippen molar-refractivity contribution in [2.75, 3.05) is 20.1 Å². The van der Waals surface area contributed by atoms with E-state index in [0.29, 0.717) is 5.56 Å². The fourth-order valence-electron chi connectivity index (χ4n) is 2.21. The highest BCUT2D eigenvalue weighted by Gasteiger charge is 2.16. The third-order valence-corrected chi connectivity index (χ3v) is 3.37. The van der Waals surface area contributed by atoms with Crippen molar-refractivity contribution in [2.24, 2.45) is 0 Å². The Balaban J connectivity index is 0.00000220. The molecule has 114 valence electrons. The molecular weight excluding hydrogens is 294 g/mol. The average Bonchev–Trinajstić information content (AvgIpc) is 2.42. The minimum Gasteiger partial charge on any atom is -0.326 e. The van der Waals surface area contributed by atoms with Gasteiger partial charge in [0.1, 0.15) is 0 Å². The topological polar surface area (TPSA) is 75.5 Å². The molecule has 0 radical (unpaired) electrons. The first-order valence-electron chi connectivity index (χ1n) is 6.40. The Bertz CT molecular complexity index is 569. The van der Waals surface area contributed by atoms with Crippen molar-refractivity contribution in [3.8, 4) is 0 Å². The first-order chi connectivity index (χ1) is 9.47. The van der Waals surface area contributed by atoms with E-state index in [0.717, 1.165) is 30.8 Å². The second kappa shape index (κ2) is 7.19. The number of carbonyl (C=O) groups is 1. The summed E-state index contributed by atoms with van der Waals surface area (Å²) in [5.41, 5.74) is 2.51. The van der Waals surface area contributed by atoms with Crippen molar-refractivity contribution < 1.29 is 9.72 Å². The largest absolute Gasteiger partial charge is 0.326 e. The monoisotopic (exact) mass is 311 g/mol. The smallest absolute Gasteiger partial charge is 0.269 e. The standard InChI is InChI=1S/C14H17N3O3.ClH/c1-10-9-16(2)8-7-13(10)15-14(18)11-3-5-12(6-4-11)17(19)20;/h3-6H,7-9H2,1-2H3,(H,15,18);1H. The van der Waals surface area contributed by atoms with Crippen molar-refractivity contribution in [3.63, 3.8) is 0 Å². The number of carbonyl (C=O) groups excluding carboxylic acids is 1. The number of hydrogen-bond donors (Lipinski definition) is 1. The van der Waals surface area contributed by atoms with E-state index in [-0.39, 0.29) is 24.0 Å². The summed E-state index contributed by atoms with van der Waals surface area (Å²) in [6.07, 6.45) is 0.807. The van der Waals surface area contributed by atoms with Gasteiger partial charge in [-0.2, -0.15) is 0 Å². The van der Waals surface area contributed by atoms with Crippen molar-refractivity contribution >= 4 is 24.0 Å². The fraction of sp³-hybridized carbons (Fsp3) is 0.357. The summed E-state index contributed by atoms with van der Waals surface area (Å²) in [6, 6.07) is 5.62. The van der Waals surface area contributed by atoms with Crippen LogP contribution in [-0.2, 0) is 0 Å². The normalized spacial score (nSPS) is 15.3. The number of nitro benzene ring substituents is 1. The van der Waals surface area contributed by atoms with E-state index < -0.39 is 4.92 Å². The summed E-state index contributed by atoms with van der Waals surface area (Å²) >= 11 is 0. The lowest BCUT2D eigenvalue weighted by Crippen LogP contribution is -2.33. The molecule has 2 rings (SSSR count). The molecule has 1 amide bonds. The van der Waals surface area contributed by atoms with Crippen molar-refractivity contribution in [2.45, 2.75) is 13.3 Å². The first kappa shape index (κ1) is 17.1. The Morgan fingerprint density at radius 1 is 1.33 bits per heavy atom. The maximum absolute atomic E-state index is 12.1. The number of nitro groups is 1. The van der Waals surface area contributed by atoms with Crippen molar-refractivity contribution in [3.05, 3.63) is 51.2 Å². The SMILES string of the molecule is CC1=C(NC(=O)c2ccc([N+](=O)[O-])cc2)CCN(C)C1.Cl. The predicted octanol–water partition coefficient (Wildman–Crippen LogP) is 2.36. The van der Waals surface area contributed by atoms with Crippen LogP contribution in [0.2, 0.25) is 0 Å². The molecule has 0 fully saturated rings. The molecule has 0 aliphatic carbocycles. The van der Waals surface area contributed by atoms with Crippen LogP contribution in [0.25, 0.3) is 0 Å². The van der Waals surface area contributed by atoms with Gasteiger partial charge in [0, 0.05) is 42.9 Å². The molecule has 0 spiro atoms. The summed E-state index contributed by atoms with van der Waals surface area (Å²) in [4.78, 5) is 24.4. The average molecular weight is 312 g/mol. The maximum atomic E-state index is 12.1. The van der Waals surface area contributed by atoms with Crippen LogP contribution in [0.4, 0.5) is 5.69 Å². The summed E-state index contributed by atoms with van der Waals surface area (Å²) < 4.78 is 0. The molecule has 1 aromatic carbocycles. The molecule has 1 aromatic rings. The second-order valence-corrected chi connectivity index (χ2v) is 5.00. The summed E-state index contributed by atoms with van der Waals surface area (Å²) in [7, 11) is 2.04. The number of halogens is 1. The molecule has 0 atom stereocenters. The lowest BCUT2D eigenvalue weighted by atomic mass is 10.1. The fourth-order valence-corrected chi connectivity index (χ4v) is 2.21. The zero-order chi connectivity index (χ0) is 14.7. The molecular formula is C14H18ClN3O3. The minimum atomic E-state index is -0.481. The van der Waals surface area contributed by atoms with Gasteiger partial charge in [0.25, 0.3) is 11.6 Å². The van der Waals surface area contributed by atoms with Crippen LogP contribution in [0.3, 0.4) is 0 Å². The number of benzene rings is 1. The van der Waals surface area contributed by atoms with Crippen molar-refractivity contribution in [1.82, 2.24) is 10.2 Å². The van der Waals surface area contributed by atoms with Gasteiger partial charge >= 0.3 is 0 Å². The minimum absolute atomic E-state index is 0. The van der Waals surface area contributed by atoms with E-state index in [1.807, 2.05) is 14.0 Å². The van der Waals surface area contributed by atoms with Crippen LogP contribution < -0.4 is 5.32 Å². The van der Waals surface area contributed by atoms with E-state index in [1.165, 1.54) is 24.3 Å². The molecule has 0 saturated heterocycles. The highest BCUT2D eigenvalue weighted by molar-refractivity contribution is 5.95. The zero-order valence-corrected chi connectivity index (χ0v) is 12.8. The first-order valence-corrected chi connectivity index (χ1v) is 6.40. The molecule has 1 aliphatic rings. The molecule has 0 bridgehead atoms. The molecule has 1 heterocycles. The van der Waals surface area contributed by atoms with E-state index in [2.05, 4.69) is 10.2 Å². The van der Waals surface area contributed by atoms with Gasteiger partial charge in [-0.1, -0.05) is 0 Å². The van der Waals surface area contributed by atoms with Gasteiger partial charge in [0.15, 0.2) is 0 Å². The van der Waals surface area contributed by atoms with Crippen LogP contribution in [0.15, 0.2) is 35.5 Å². The summed E-state index contributed by atoms with van der Waals surface area (Å²) in [6.45, 7) is 3.75. The Morgan fingerprint density at radius 3 is 2.48 bits per heavy atom. The number of hydrogen-bond acceptors (Lipinski definition) is 4. The Hall–Kier alpha value is -1.92. The lowest BCUT2D eigenvalue weighted by molar-refractivity contribution is -0.384. The molecule has 21 heavy (non-hydrogen) atoms. The van der Waals surface area contributed by atoms with Crippen LogP contribution in [0, 0.1) is 10.1 Å². The van der Waals surface area contributed by atoms with Gasteiger partial charge in [0.05, 0.1) is 4.92 Å². The summed E-state index contributed by atoms with van der Waals surface area (Å²) in [5.74, 6) is -0.223. The Kier molecular flexibility index (Phi) is 5.87. The number of nitrogens with one attached hydrogen (secondary N) is 1. The molecule has 0 aromatic heterocycles. The highest BCUT2D eigenvalue weighted by atomic mass is 35.5. The van der Waals surface area contributed by atoms with Crippen LogP contribution >= 0.6 is 12.4 Å². The number of non-ortho nitro benzene ring substituents is 1. The van der Waals surface area contributed by atoms with E-state index in [9.17, 15) is 14.9 Å². The highest BCUT2D eigenvalue weighted by Crippen LogP contribution is 2.16. The van der Waals surface area contributed by atoms with Gasteiger partial charge < -0.3 is 10.2 Å². The third kappa shape index (κ3) is 4.27. The quantitative estimate of drug-likeness (QED) is 0.687. The molecule has 0 unspecified atom stereocenters. The van der Waals surface area contributed by atoms with Crippen LogP contribution in [0.5, 0.6) is 0 Å². The predicted molar refractivity (Wildman–Crippen MR) is 82.6 cm³/mol. The molecule has 1 aliphatic heterocycles. The third-order valence-electron chi connectivity index (χ3n) is 3.37.